The van der Waals surface area contributed by atoms with Crippen LogP contribution in [0.3, 0.4) is 0 Å². The number of alkyl halides is 2. The van der Waals surface area contributed by atoms with Gasteiger partial charge in [-0.3, -0.25) is 4.18 Å². The highest BCUT2D eigenvalue weighted by Gasteiger charge is 2.17. The minimum Gasteiger partial charge on any atom is -0.260 e. The van der Waals surface area contributed by atoms with Crippen LogP contribution < -0.4 is 0 Å². The maximum Gasteiger partial charge on any atom is 0.297 e. The average molecular weight is 238 g/mol. The van der Waals surface area contributed by atoms with Crippen molar-refractivity contribution in [3.63, 3.8) is 0 Å². The molecule has 0 aromatic heterocycles. The number of halogens is 2. The Labute approximate surface area is 89.6 Å². The molecular weight excluding hydrogens is 226 g/mol. The molecule has 0 saturated carbocycles. The van der Waals surface area contributed by atoms with Gasteiger partial charge in [0.15, 0.2) is 0 Å². The van der Waals surface area contributed by atoms with Crippen molar-refractivity contribution in [3.8, 4) is 0 Å². The van der Waals surface area contributed by atoms with Gasteiger partial charge in [0.25, 0.3) is 16.5 Å². The monoisotopic (exact) mass is 238 g/mol. The molecule has 0 heterocycles. The number of benzene rings is 1. The van der Waals surface area contributed by atoms with Crippen LogP contribution >= 0.6 is 0 Å². The zero-order valence-electron chi connectivity index (χ0n) is 9.78. The molecule has 1 rings (SSSR count). The van der Waals surface area contributed by atoms with Gasteiger partial charge in [-0.25, -0.2) is 8.78 Å². The van der Waals surface area contributed by atoms with E-state index in [2.05, 4.69) is 4.18 Å². The topological polar surface area (TPSA) is 43.4 Å². The molecule has 0 aliphatic carbocycles. The van der Waals surface area contributed by atoms with Crippen molar-refractivity contribution < 1.29 is 24.1 Å². The first-order valence-electron chi connectivity index (χ1n) is 4.95. The molecule has 1 aromatic carbocycles. The molecule has 0 fully saturated rings. The fraction of sp³-hybridized carbons (Fsp3) is 0.333. The summed E-state index contributed by atoms with van der Waals surface area (Å²) in [6.45, 7) is -1.82. The van der Waals surface area contributed by atoms with E-state index in [1.165, 1.54) is 12.1 Å². The first-order valence-corrected chi connectivity index (χ1v) is 5.36. The van der Waals surface area contributed by atoms with E-state index < -0.39 is 23.1 Å². The lowest BCUT2D eigenvalue weighted by atomic mass is 10.2. The summed E-state index contributed by atoms with van der Waals surface area (Å²) < 4.78 is 64.6. The van der Waals surface area contributed by atoms with Crippen LogP contribution in [0.25, 0.3) is 0 Å². The Balaban J connectivity index is 3.01. The Hall–Kier alpha value is -1.01. The zero-order valence-corrected chi connectivity index (χ0v) is 8.59. The van der Waals surface area contributed by atoms with Crippen LogP contribution in [0.5, 0.6) is 0 Å². The van der Waals surface area contributed by atoms with Crippen LogP contribution in [0, 0.1) is 6.92 Å². The van der Waals surface area contributed by atoms with Gasteiger partial charge in [0, 0.05) is 0 Å². The first kappa shape index (κ1) is 9.23. The maximum absolute atomic E-state index is 12.2. The van der Waals surface area contributed by atoms with Crippen LogP contribution in [0.4, 0.5) is 8.78 Å². The average Bonchev–Trinajstić information content (AvgIpc) is 2.16. The molecule has 0 bridgehead atoms. The number of hydrogen-bond acceptors (Lipinski definition) is 3. The van der Waals surface area contributed by atoms with Crippen LogP contribution in [0.1, 0.15) is 8.30 Å². The highest BCUT2D eigenvalue weighted by Crippen LogP contribution is 2.13. The van der Waals surface area contributed by atoms with Crippen molar-refractivity contribution in [3.05, 3.63) is 29.8 Å². The van der Waals surface area contributed by atoms with E-state index in [-0.39, 0.29) is 4.90 Å². The van der Waals surface area contributed by atoms with Crippen molar-refractivity contribution >= 4 is 10.1 Å². The third-order valence-electron chi connectivity index (χ3n) is 1.56. The second-order valence-electron chi connectivity index (χ2n) is 2.77. The Morgan fingerprint density at radius 2 is 1.93 bits per heavy atom. The lowest BCUT2D eigenvalue weighted by Crippen LogP contribution is -2.12. The van der Waals surface area contributed by atoms with Gasteiger partial charge in [0.05, 0.1) is 7.64 Å². The minimum atomic E-state index is -4.53. The Kier molecular flexibility index (Phi) is 2.88. The van der Waals surface area contributed by atoms with Gasteiger partial charge in [-0.15, -0.1) is 0 Å². The van der Waals surface area contributed by atoms with Crippen molar-refractivity contribution in [2.45, 2.75) is 18.2 Å². The molecule has 1 aromatic rings. The number of rotatable bonds is 4. The van der Waals surface area contributed by atoms with Crippen LogP contribution in [0.15, 0.2) is 29.2 Å². The standard InChI is InChI=1S/C9H10F2O3S/c1-7-2-4-8(5-3-7)15(12,13)14-6-9(10)11/h2-5,9H,6H2,1H3/i6D2. The molecule has 15 heavy (non-hydrogen) atoms. The van der Waals surface area contributed by atoms with Crippen LogP contribution in [-0.4, -0.2) is 21.4 Å². The van der Waals surface area contributed by atoms with Gasteiger partial charge < -0.3 is 0 Å². The third-order valence-corrected chi connectivity index (χ3v) is 2.72. The van der Waals surface area contributed by atoms with Gasteiger partial charge >= 0.3 is 0 Å². The predicted molar refractivity (Wildman–Crippen MR) is 50.3 cm³/mol. The van der Waals surface area contributed by atoms with Crippen LogP contribution in [-0.2, 0) is 14.3 Å². The van der Waals surface area contributed by atoms with E-state index in [1.54, 1.807) is 6.92 Å². The van der Waals surface area contributed by atoms with E-state index in [0.717, 1.165) is 17.7 Å². The van der Waals surface area contributed by atoms with E-state index in [9.17, 15) is 17.2 Å². The summed E-state index contributed by atoms with van der Waals surface area (Å²) in [4.78, 5) is -0.368. The molecule has 0 unspecified atom stereocenters. The molecule has 0 aliphatic rings. The minimum absolute atomic E-state index is 0.368. The lowest BCUT2D eigenvalue weighted by molar-refractivity contribution is 0.0848. The first-order chi connectivity index (χ1) is 7.65. The van der Waals surface area contributed by atoms with E-state index in [0.29, 0.717) is 0 Å². The molecule has 84 valence electrons. The summed E-state index contributed by atoms with van der Waals surface area (Å²) in [7, 11) is -4.53. The van der Waals surface area contributed by atoms with Crippen molar-refractivity contribution in [2.75, 3.05) is 6.56 Å². The fourth-order valence-electron chi connectivity index (χ4n) is 0.853. The van der Waals surface area contributed by atoms with Crippen molar-refractivity contribution in [1.29, 1.82) is 0 Å². The summed E-state index contributed by atoms with van der Waals surface area (Å²) >= 11 is 0. The van der Waals surface area contributed by atoms with Gasteiger partial charge in [-0.2, -0.15) is 8.42 Å². The molecule has 6 heteroatoms. The second-order valence-corrected chi connectivity index (χ2v) is 4.32. The molecule has 0 amide bonds. The molecule has 3 nitrogen and oxygen atoms in total. The largest absolute Gasteiger partial charge is 0.297 e. The van der Waals surface area contributed by atoms with E-state index in [4.69, 9.17) is 2.74 Å². The molecule has 0 spiro atoms. The Bertz CT molecular complexity index is 485. The summed E-state index contributed by atoms with van der Waals surface area (Å²) in [5.74, 6) is 0. The molecular formula is C9H10F2O3S. The fourth-order valence-corrected chi connectivity index (χ4v) is 1.62. The van der Waals surface area contributed by atoms with Crippen molar-refractivity contribution in [2.24, 2.45) is 0 Å². The third kappa shape index (κ3) is 3.56. The van der Waals surface area contributed by atoms with Gasteiger partial charge in [0.2, 0.25) is 0 Å². The van der Waals surface area contributed by atoms with Crippen molar-refractivity contribution in [1.82, 2.24) is 0 Å². The number of hydrogen-bond donors (Lipinski definition) is 0. The number of aryl methyl sites for hydroxylation is 1. The summed E-state index contributed by atoms with van der Waals surface area (Å²) in [5.41, 5.74) is 0.779. The molecule has 0 saturated heterocycles. The maximum atomic E-state index is 12.2. The summed E-state index contributed by atoms with van der Waals surface area (Å²) in [5, 5.41) is 0. The quantitative estimate of drug-likeness (QED) is 0.753. The smallest absolute Gasteiger partial charge is 0.260 e. The highest BCUT2D eigenvalue weighted by atomic mass is 32.2. The van der Waals surface area contributed by atoms with Gasteiger partial charge in [-0.1, -0.05) is 17.7 Å². The second kappa shape index (κ2) is 4.67. The van der Waals surface area contributed by atoms with E-state index in [1.807, 2.05) is 0 Å². The molecule has 0 N–H and O–H groups in total. The SMILES string of the molecule is [2H]C([2H])(OS(=O)(=O)c1ccc(C)cc1)C(F)F. The molecule has 0 aliphatic heterocycles. The van der Waals surface area contributed by atoms with Crippen LogP contribution in [0.2, 0.25) is 0 Å². The molecule has 0 atom stereocenters. The normalized spacial score (nSPS) is 14.9. The summed E-state index contributed by atoms with van der Waals surface area (Å²) in [6, 6.07) is 5.22. The summed E-state index contributed by atoms with van der Waals surface area (Å²) in [6.07, 6.45) is -3.55. The Morgan fingerprint density at radius 3 is 2.40 bits per heavy atom. The molecule has 0 radical (unpaired) electrons. The lowest BCUT2D eigenvalue weighted by Gasteiger charge is -2.04. The Morgan fingerprint density at radius 1 is 1.40 bits per heavy atom. The van der Waals surface area contributed by atoms with E-state index >= 15 is 0 Å². The zero-order chi connectivity index (χ0) is 13.3. The van der Waals surface area contributed by atoms with Gasteiger partial charge in [0.1, 0.15) is 6.56 Å². The predicted octanol–water partition coefficient (Wildman–Crippen LogP) is 1.97. The highest BCUT2D eigenvalue weighted by molar-refractivity contribution is 7.86. The van der Waals surface area contributed by atoms with Gasteiger partial charge in [-0.05, 0) is 19.1 Å².